The average molecular weight is 1120 g/mol. The summed E-state index contributed by atoms with van der Waals surface area (Å²) in [5, 5.41) is 28.5. The molecule has 20 heteroatoms. The van der Waals surface area contributed by atoms with Gasteiger partial charge in [0.15, 0.2) is 0 Å². The molecule has 4 rings (SSSR count). The van der Waals surface area contributed by atoms with Gasteiger partial charge in [0.1, 0.15) is 12.1 Å². The molecule has 2 saturated carbocycles. The molecule has 1 amide bonds. The Morgan fingerprint density at radius 2 is 1.28 bits per heavy atom. The van der Waals surface area contributed by atoms with E-state index >= 15 is 0 Å². The first kappa shape index (κ1) is 69.6. The van der Waals surface area contributed by atoms with E-state index < -0.39 is 5.92 Å². The molecule has 0 bridgehead atoms. The zero-order chi connectivity index (χ0) is 57.2. The minimum absolute atomic E-state index is 0.0636. The fourth-order valence-corrected chi connectivity index (χ4v) is 9.97. The van der Waals surface area contributed by atoms with E-state index in [4.69, 9.17) is 49.0 Å². The summed E-state index contributed by atoms with van der Waals surface area (Å²) in [6.45, 7) is 18.1. The van der Waals surface area contributed by atoms with Gasteiger partial charge in [-0.25, -0.2) is 8.78 Å². The molecule has 79 heavy (non-hydrogen) atoms. The maximum Gasteiger partial charge on any atom is 0.248 e. The van der Waals surface area contributed by atoms with Crippen molar-refractivity contribution in [1.82, 2.24) is 25.8 Å². The normalized spacial score (nSPS) is 17.1. The van der Waals surface area contributed by atoms with Gasteiger partial charge in [0, 0.05) is 81.2 Å². The Morgan fingerprint density at radius 3 is 1.82 bits per heavy atom. The van der Waals surface area contributed by atoms with Gasteiger partial charge < -0.3 is 74.2 Å². The smallest absolute Gasteiger partial charge is 0.248 e. The largest absolute Gasteiger partial charge is 0.399 e. The van der Waals surface area contributed by atoms with Crippen molar-refractivity contribution in [2.75, 3.05) is 145 Å². The minimum atomic E-state index is -2.50. The summed E-state index contributed by atoms with van der Waals surface area (Å²) < 4.78 is 69.2. The number of aldehydes is 1. The first-order valence-electron chi connectivity index (χ1n) is 29.6. The summed E-state index contributed by atoms with van der Waals surface area (Å²) >= 11 is 0. The third-order valence-electron chi connectivity index (χ3n) is 14.7. The molecule has 18 nitrogen and oxygen atoms in total. The second-order valence-corrected chi connectivity index (χ2v) is 21.2. The Balaban J connectivity index is 0.00000147. The van der Waals surface area contributed by atoms with Crippen LogP contribution < -0.4 is 21.7 Å². The number of halogens is 2. The lowest BCUT2D eigenvalue weighted by Crippen LogP contribution is -2.60. The minimum Gasteiger partial charge on any atom is -0.399 e. The van der Waals surface area contributed by atoms with Crippen LogP contribution >= 0.6 is 0 Å². The highest BCUT2D eigenvalue weighted by atomic mass is 19.3. The molecule has 454 valence electrons. The van der Waals surface area contributed by atoms with Gasteiger partial charge in [0.05, 0.1) is 117 Å². The summed E-state index contributed by atoms with van der Waals surface area (Å²) in [6.07, 6.45) is 14.6. The van der Waals surface area contributed by atoms with Crippen molar-refractivity contribution >= 4 is 23.9 Å². The predicted molar refractivity (Wildman–Crippen MR) is 307 cm³/mol. The van der Waals surface area contributed by atoms with E-state index in [-0.39, 0.29) is 48.1 Å². The molecule has 3 aliphatic rings. The van der Waals surface area contributed by atoms with Gasteiger partial charge >= 0.3 is 0 Å². The fourth-order valence-electron chi connectivity index (χ4n) is 9.97. The van der Waals surface area contributed by atoms with Crippen LogP contribution in [-0.2, 0) is 47.5 Å². The van der Waals surface area contributed by atoms with E-state index in [1.54, 1.807) is 6.20 Å². The molecule has 3 fully saturated rings. The van der Waals surface area contributed by atoms with Crippen molar-refractivity contribution in [3.63, 3.8) is 0 Å². The molecule has 0 aromatic heterocycles. The topological polar surface area (TPSA) is 224 Å². The Hall–Kier alpha value is -3.70. The van der Waals surface area contributed by atoms with Gasteiger partial charge in [-0.1, -0.05) is 57.0 Å². The van der Waals surface area contributed by atoms with E-state index in [0.29, 0.717) is 142 Å². The third kappa shape index (κ3) is 30.8. The number of amides is 1. The van der Waals surface area contributed by atoms with Crippen LogP contribution in [0.15, 0.2) is 42.2 Å². The summed E-state index contributed by atoms with van der Waals surface area (Å²) in [5.41, 5.74) is 8.03. The van der Waals surface area contributed by atoms with Gasteiger partial charge in [-0.15, -0.1) is 0 Å². The maximum atomic E-state index is 13.0. The monoisotopic (exact) mass is 1120 g/mol. The maximum absolute atomic E-state index is 13.0. The molecular formula is C59H104F2N8O10. The number of hydrogen-bond donors (Lipinski definition) is 6. The predicted octanol–water partition coefficient (Wildman–Crippen LogP) is 7.89. The van der Waals surface area contributed by atoms with Crippen molar-refractivity contribution in [3.8, 4) is 0 Å². The van der Waals surface area contributed by atoms with Gasteiger partial charge in [0.25, 0.3) is 0 Å². The van der Waals surface area contributed by atoms with Crippen LogP contribution in [0.1, 0.15) is 135 Å². The summed E-state index contributed by atoms with van der Waals surface area (Å²) in [7, 11) is 2.02. The Morgan fingerprint density at radius 1 is 0.734 bits per heavy atom. The number of alkyl halides is 2. The Kier molecular flexibility index (Phi) is 37.9. The first-order valence-corrected chi connectivity index (χ1v) is 29.6. The molecule has 2 unspecified atom stereocenters. The summed E-state index contributed by atoms with van der Waals surface area (Å²) in [5.74, 6) is -1.31. The second kappa shape index (κ2) is 43.0. The molecular weight excluding hydrogens is 1020 g/mol. The fraction of sp³-hybridized carbons (Fsp3) is 0.797. The highest BCUT2D eigenvalue weighted by molar-refractivity contribution is 5.98. The van der Waals surface area contributed by atoms with Gasteiger partial charge in [0.2, 0.25) is 11.8 Å². The summed E-state index contributed by atoms with van der Waals surface area (Å²) in [4.78, 5) is 27.1. The number of unbranched alkanes of at least 4 members (excludes halogenated alkanes) is 2. The molecule has 1 aliphatic heterocycles. The SMILES string of the molecule is CCCCNCC(CCCC(NC)c1ccccc1)N(C(C)=N)C(=N)C1CCC2(CC1)CN(C(=O)CCOCCOCCOCCOC/C(N)=C/NCCOCCOCCOCCOCCCC)C2.O=CC1CCC(F)(F)CC1. The summed E-state index contributed by atoms with van der Waals surface area (Å²) in [6, 6.07) is 10.9. The van der Waals surface area contributed by atoms with E-state index in [2.05, 4.69) is 60.1 Å². The third-order valence-corrected chi connectivity index (χ3v) is 14.7. The quantitative estimate of drug-likeness (QED) is 0.0158. The average Bonchev–Trinajstić information content (AvgIpc) is 3.45. The van der Waals surface area contributed by atoms with Crippen LogP contribution in [0.2, 0.25) is 0 Å². The Bertz CT molecular complexity index is 1770. The highest BCUT2D eigenvalue weighted by Gasteiger charge is 2.47. The van der Waals surface area contributed by atoms with Crippen LogP contribution in [-0.4, -0.2) is 191 Å². The number of ether oxygens (including phenoxy) is 8. The molecule has 1 heterocycles. The van der Waals surface area contributed by atoms with Gasteiger partial charge in [-0.2, -0.15) is 0 Å². The molecule has 1 aromatic carbocycles. The zero-order valence-electron chi connectivity index (χ0n) is 48.8. The lowest BCUT2D eigenvalue weighted by Gasteiger charge is -2.54. The first-order chi connectivity index (χ1) is 38.4. The van der Waals surface area contributed by atoms with Gasteiger partial charge in [-0.3, -0.25) is 15.6 Å². The number of nitrogens with one attached hydrogen (secondary N) is 5. The van der Waals surface area contributed by atoms with E-state index in [1.807, 2.05) is 23.8 Å². The van der Waals surface area contributed by atoms with Gasteiger partial charge in [-0.05, 0) is 96.7 Å². The standard InChI is InChI=1S/C52H94N8O9.C7H10F2O/c1-5-7-22-57-40-48(15-12-16-49(56-4)45-13-10-9-11-14-45)60(44(3)53)51(55)46-17-20-52(21-18-46)42-59(43-52)50(61)19-25-63-28-31-66-35-36-68-37-38-69-41-47(54)39-58-23-26-64-29-32-67-34-33-65-30-27-62-24-8-6-2;8-7(9)3-1-6(5-10)2-4-7/h9-11,13-14,39,46,48-49,53,55-58H,5-8,12,15-38,40-43,54H2,1-4H3;5-6H,1-4H2/b47-39-,53-44?,55-51?;. The van der Waals surface area contributed by atoms with Crippen molar-refractivity contribution in [2.24, 2.45) is 23.0 Å². The van der Waals surface area contributed by atoms with Crippen molar-refractivity contribution < 1.29 is 56.3 Å². The number of nitrogens with two attached hydrogens (primary N) is 1. The van der Waals surface area contributed by atoms with Crippen LogP contribution in [0.5, 0.6) is 0 Å². The number of amidine groups is 2. The number of carbonyl (C=O) groups is 2. The molecule has 2 aliphatic carbocycles. The molecule has 2 atom stereocenters. The van der Waals surface area contributed by atoms with Crippen LogP contribution in [0, 0.1) is 28.1 Å². The van der Waals surface area contributed by atoms with Crippen molar-refractivity contribution in [3.05, 3.63) is 47.8 Å². The number of hydrogen-bond acceptors (Lipinski definition) is 16. The van der Waals surface area contributed by atoms with Crippen LogP contribution in [0.25, 0.3) is 0 Å². The molecule has 1 aromatic rings. The van der Waals surface area contributed by atoms with Crippen molar-refractivity contribution in [1.29, 1.82) is 10.8 Å². The van der Waals surface area contributed by atoms with E-state index in [9.17, 15) is 23.8 Å². The number of nitrogens with zero attached hydrogens (tertiary/aromatic N) is 2. The highest BCUT2D eigenvalue weighted by Crippen LogP contribution is 2.46. The molecule has 1 spiro atoms. The second-order valence-electron chi connectivity index (χ2n) is 21.2. The number of benzene rings is 1. The van der Waals surface area contributed by atoms with Crippen molar-refractivity contribution in [2.45, 2.75) is 142 Å². The van der Waals surface area contributed by atoms with Crippen LogP contribution in [0.4, 0.5) is 8.78 Å². The molecule has 0 radical (unpaired) electrons. The number of rotatable bonds is 44. The number of carbonyl (C=O) groups excluding carboxylic acids is 2. The number of likely N-dealkylation sites (tertiary alicyclic amines) is 1. The van der Waals surface area contributed by atoms with Crippen LogP contribution in [0.3, 0.4) is 0 Å². The molecule has 1 saturated heterocycles. The molecule has 7 N–H and O–H groups in total. The van der Waals surface area contributed by atoms with E-state index in [1.165, 1.54) is 5.56 Å². The zero-order valence-corrected chi connectivity index (χ0v) is 48.8. The lowest BCUT2D eigenvalue weighted by molar-refractivity contribution is -0.147. The lowest BCUT2D eigenvalue weighted by atomic mass is 9.65. The van der Waals surface area contributed by atoms with E-state index in [0.717, 1.165) is 110 Å². The Labute approximate surface area is 473 Å².